The molecule has 3 aromatic carbocycles. The molecule has 0 heterocycles. The van der Waals surface area contributed by atoms with Gasteiger partial charge in [0, 0.05) is 19.2 Å². The number of nitrogens with zero attached hydrogens (tertiary/aromatic N) is 1. The first-order valence-electron chi connectivity index (χ1n) is 10.5. The Morgan fingerprint density at radius 1 is 0.971 bits per heavy atom. The molecule has 0 aromatic heterocycles. The van der Waals surface area contributed by atoms with E-state index in [-0.39, 0.29) is 29.4 Å². The molecule has 0 saturated carbocycles. The minimum Gasteiger partial charge on any atom is -0.455 e. The first-order chi connectivity index (χ1) is 16.2. The molecule has 6 nitrogen and oxygen atoms in total. The minimum absolute atomic E-state index is 0.0212. The van der Waals surface area contributed by atoms with Gasteiger partial charge >= 0.3 is 0 Å². The summed E-state index contributed by atoms with van der Waals surface area (Å²) in [6.45, 7) is 4.02. The zero-order valence-corrected chi connectivity index (χ0v) is 19.5. The highest BCUT2D eigenvalue weighted by atomic mass is 32.2. The van der Waals surface area contributed by atoms with Gasteiger partial charge in [-0.3, -0.25) is 4.79 Å². The van der Waals surface area contributed by atoms with Gasteiger partial charge in [-0.1, -0.05) is 26.0 Å². The molecule has 0 unspecified atom stereocenters. The van der Waals surface area contributed by atoms with E-state index in [1.807, 2.05) is 0 Å². The number of halogens is 2. The molecule has 1 N–H and O–H groups in total. The normalized spacial score (nSPS) is 11.7. The molecule has 178 valence electrons. The minimum atomic E-state index is -3.80. The van der Waals surface area contributed by atoms with E-state index in [9.17, 15) is 22.0 Å². The number of carbonyl (C=O) groups is 1. The summed E-state index contributed by atoms with van der Waals surface area (Å²) in [6, 6.07) is 15.1. The van der Waals surface area contributed by atoms with Crippen molar-refractivity contribution in [2.45, 2.75) is 18.7 Å². The summed E-state index contributed by atoms with van der Waals surface area (Å²) in [6.07, 6.45) is 2.62. The van der Waals surface area contributed by atoms with Crippen LogP contribution in [0.4, 0.5) is 14.5 Å². The first kappa shape index (κ1) is 25.1. The molecular weight excluding hydrogens is 462 g/mol. The lowest BCUT2D eigenvalue weighted by atomic mass is 10.2. The third-order valence-corrected chi connectivity index (χ3v) is 6.92. The third-order valence-electron chi connectivity index (χ3n) is 4.87. The number of nitrogens with one attached hydrogen (secondary N) is 1. The van der Waals surface area contributed by atoms with E-state index in [2.05, 4.69) is 5.32 Å². The van der Waals surface area contributed by atoms with Crippen LogP contribution in [0.1, 0.15) is 19.4 Å². The predicted molar refractivity (Wildman–Crippen MR) is 127 cm³/mol. The Hall–Kier alpha value is -3.56. The molecule has 1 amide bonds. The number of benzene rings is 3. The van der Waals surface area contributed by atoms with E-state index in [0.717, 1.165) is 0 Å². The lowest BCUT2D eigenvalue weighted by Crippen LogP contribution is -2.30. The van der Waals surface area contributed by atoms with E-state index < -0.39 is 27.6 Å². The van der Waals surface area contributed by atoms with Crippen molar-refractivity contribution in [2.75, 3.05) is 18.4 Å². The largest absolute Gasteiger partial charge is 0.455 e. The second-order valence-electron chi connectivity index (χ2n) is 7.18. The van der Waals surface area contributed by atoms with Crippen molar-refractivity contribution >= 4 is 27.7 Å². The average Bonchev–Trinajstić information content (AvgIpc) is 2.81. The monoisotopic (exact) mass is 486 g/mol. The van der Waals surface area contributed by atoms with Crippen LogP contribution >= 0.6 is 0 Å². The van der Waals surface area contributed by atoms with E-state index >= 15 is 0 Å². The number of hydrogen-bond donors (Lipinski definition) is 1. The highest BCUT2D eigenvalue weighted by Gasteiger charge is 2.23. The average molecular weight is 487 g/mol. The topological polar surface area (TPSA) is 75.7 Å². The molecule has 3 aromatic rings. The number of anilines is 1. The van der Waals surface area contributed by atoms with Crippen LogP contribution in [0.2, 0.25) is 0 Å². The number of hydrogen-bond acceptors (Lipinski definition) is 4. The summed E-state index contributed by atoms with van der Waals surface area (Å²) in [5, 5.41) is 2.61. The molecule has 34 heavy (non-hydrogen) atoms. The van der Waals surface area contributed by atoms with Gasteiger partial charge in [-0.05, 0) is 66.2 Å². The highest BCUT2D eigenvalue weighted by Crippen LogP contribution is 2.33. The van der Waals surface area contributed by atoms with Crippen molar-refractivity contribution in [3.8, 4) is 11.5 Å². The van der Waals surface area contributed by atoms with Gasteiger partial charge in [-0.15, -0.1) is 0 Å². The quantitative estimate of drug-likeness (QED) is 0.409. The van der Waals surface area contributed by atoms with Crippen molar-refractivity contribution in [1.82, 2.24) is 4.31 Å². The Bertz CT molecular complexity index is 1290. The van der Waals surface area contributed by atoms with Crippen LogP contribution in [-0.4, -0.2) is 31.7 Å². The van der Waals surface area contributed by atoms with Gasteiger partial charge in [0.1, 0.15) is 17.4 Å². The summed E-state index contributed by atoms with van der Waals surface area (Å²) in [5.41, 5.74) is 0.585. The third kappa shape index (κ3) is 6.27. The highest BCUT2D eigenvalue weighted by molar-refractivity contribution is 7.89. The number of sulfonamides is 1. The summed E-state index contributed by atoms with van der Waals surface area (Å²) < 4.78 is 59.6. The van der Waals surface area contributed by atoms with Gasteiger partial charge in [0.05, 0.1) is 10.6 Å². The fourth-order valence-electron chi connectivity index (χ4n) is 3.16. The zero-order chi connectivity index (χ0) is 24.7. The maximum atomic E-state index is 13.4. The molecule has 0 saturated heterocycles. The van der Waals surface area contributed by atoms with Gasteiger partial charge in [-0.2, -0.15) is 4.31 Å². The summed E-state index contributed by atoms with van der Waals surface area (Å²) in [4.78, 5) is 12.5. The van der Waals surface area contributed by atoms with Crippen LogP contribution in [0, 0.1) is 11.6 Å². The second-order valence-corrected chi connectivity index (χ2v) is 9.12. The molecule has 0 radical (unpaired) electrons. The molecular formula is C25H24F2N2O4S. The first-order valence-corrected chi connectivity index (χ1v) is 12.0. The van der Waals surface area contributed by atoms with Crippen LogP contribution in [-0.2, 0) is 14.8 Å². The van der Waals surface area contributed by atoms with Crippen molar-refractivity contribution in [2.24, 2.45) is 0 Å². The molecule has 0 aliphatic rings. The maximum Gasteiger partial charge on any atom is 0.248 e. The molecule has 0 aliphatic carbocycles. The summed E-state index contributed by atoms with van der Waals surface area (Å²) in [7, 11) is -3.80. The van der Waals surface area contributed by atoms with Gasteiger partial charge in [0.2, 0.25) is 15.9 Å². The SMILES string of the molecule is CCN(CC)S(=O)(=O)c1ccc(Oc2ccc(F)cc2)c(NC(=O)/C=C/c2cccc(F)c2)c1. The van der Waals surface area contributed by atoms with Gasteiger partial charge in [-0.25, -0.2) is 17.2 Å². The Balaban J connectivity index is 1.94. The Kier molecular flexibility index (Phi) is 8.14. The van der Waals surface area contributed by atoms with E-state index in [4.69, 9.17) is 4.74 Å². The molecule has 0 spiro atoms. The fourth-order valence-corrected chi connectivity index (χ4v) is 4.64. The zero-order valence-electron chi connectivity index (χ0n) is 18.7. The van der Waals surface area contributed by atoms with Gasteiger partial charge < -0.3 is 10.1 Å². The summed E-state index contributed by atoms with van der Waals surface area (Å²) in [5.74, 6) is -0.995. The molecule has 0 aliphatic heterocycles. The Morgan fingerprint density at radius 2 is 1.68 bits per heavy atom. The molecule has 3 rings (SSSR count). The number of amides is 1. The Labute approximate surface area is 197 Å². The van der Waals surface area contributed by atoms with Crippen LogP contribution in [0.3, 0.4) is 0 Å². The lowest BCUT2D eigenvalue weighted by Gasteiger charge is -2.20. The Morgan fingerprint density at radius 3 is 2.32 bits per heavy atom. The molecule has 0 fully saturated rings. The van der Waals surface area contributed by atoms with Gasteiger partial charge in [0.25, 0.3) is 0 Å². The van der Waals surface area contributed by atoms with E-state index in [1.54, 1.807) is 19.9 Å². The number of rotatable bonds is 9. The van der Waals surface area contributed by atoms with Crippen molar-refractivity contribution in [3.05, 3.63) is 90.0 Å². The second kappa shape index (κ2) is 11.0. The number of carbonyl (C=O) groups excluding carboxylic acids is 1. The van der Waals surface area contributed by atoms with Gasteiger partial charge in [0.15, 0.2) is 5.75 Å². The van der Waals surface area contributed by atoms with Crippen LogP contribution < -0.4 is 10.1 Å². The molecule has 0 atom stereocenters. The molecule has 0 bridgehead atoms. The number of ether oxygens (including phenoxy) is 1. The van der Waals surface area contributed by atoms with Crippen molar-refractivity contribution in [1.29, 1.82) is 0 Å². The van der Waals surface area contributed by atoms with Crippen LogP contribution in [0.25, 0.3) is 6.08 Å². The fraction of sp³-hybridized carbons (Fsp3) is 0.160. The summed E-state index contributed by atoms with van der Waals surface area (Å²) >= 11 is 0. The smallest absolute Gasteiger partial charge is 0.248 e. The molecule has 9 heteroatoms. The predicted octanol–water partition coefficient (Wildman–Crippen LogP) is 5.44. The van der Waals surface area contributed by atoms with Crippen LogP contribution in [0.15, 0.2) is 77.7 Å². The maximum absolute atomic E-state index is 13.4. The van der Waals surface area contributed by atoms with Crippen molar-refractivity contribution < 1.29 is 26.7 Å². The van der Waals surface area contributed by atoms with E-state index in [1.165, 1.54) is 77.1 Å². The lowest BCUT2D eigenvalue weighted by molar-refractivity contribution is -0.111. The standard InChI is InChI=1S/C25H24F2N2O4S/c1-3-29(4-2)34(31,32)22-13-14-24(33-21-11-9-19(26)10-12-21)23(17-22)28-25(30)15-8-18-6-5-7-20(27)16-18/h5-17H,3-4H2,1-2H3,(H,28,30)/b15-8+. The van der Waals surface area contributed by atoms with E-state index in [0.29, 0.717) is 11.3 Å². The van der Waals surface area contributed by atoms with Crippen LogP contribution in [0.5, 0.6) is 11.5 Å². The van der Waals surface area contributed by atoms with Crippen molar-refractivity contribution in [3.63, 3.8) is 0 Å².